The van der Waals surface area contributed by atoms with Crippen molar-refractivity contribution in [2.75, 3.05) is 44.8 Å². The first-order chi connectivity index (χ1) is 10.3. The van der Waals surface area contributed by atoms with Crippen LogP contribution >= 0.6 is 0 Å². The van der Waals surface area contributed by atoms with Crippen molar-refractivity contribution in [2.45, 2.75) is 18.8 Å². The molecule has 0 spiro atoms. The highest BCUT2D eigenvalue weighted by Crippen LogP contribution is 2.49. The van der Waals surface area contributed by atoms with Gasteiger partial charge in [-0.15, -0.1) is 0 Å². The van der Waals surface area contributed by atoms with Gasteiger partial charge in [-0.3, -0.25) is 4.98 Å². The van der Waals surface area contributed by atoms with Crippen LogP contribution in [0, 0.1) is 17.8 Å². The van der Waals surface area contributed by atoms with E-state index in [9.17, 15) is 0 Å². The molecule has 1 aromatic rings. The predicted octanol–water partition coefficient (Wildman–Crippen LogP) is 1.88. The number of methoxy groups -OCH3 is 1. The summed E-state index contributed by atoms with van der Waals surface area (Å²) in [6, 6.07) is 2.39. The quantitative estimate of drug-likeness (QED) is 0.897. The average Bonchev–Trinajstić information content (AvgIpc) is 2.95. The first-order valence-electron chi connectivity index (χ1n) is 8.24. The van der Waals surface area contributed by atoms with Crippen LogP contribution < -0.4 is 10.2 Å². The molecule has 1 N–H and O–H groups in total. The van der Waals surface area contributed by atoms with Gasteiger partial charge in [-0.25, -0.2) is 0 Å². The Kier molecular flexibility index (Phi) is 3.59. The van der Waals surface area contributed by atoms with Gasteiger partial charge in [0, 0.05) is 46.1 Å². The predicted molar refractivity (Wildman–Crippen MR) is 83.6 cm³/mol. The second-order valence-corrected chi connectivity index (χ2v) is 6.94. The van der Waals surface area contributed by atoms with Gasteiger partial charge in [-0.1, -0.05) is 0 Å². The number of anilines is 1. The van der Waals surface area contributed by atoms with E-state index >= 15 is 0 Å². The molecule has 3 aliphatic rings. The third-order valence-corrected chi connectivity index (χ3v) is 5.54. The minimum atomic E-state index is 0.719. The molecule has 4 nitrogen and oxygen atoms in total. The van der Waals surface area contributed by atoms with E-state index in [0.717, 1.165) is 30.3 Å². The Morgan fingerprint density at radius 2 is 2.10 bits per heavy atom. The van der Waals surface area contributed by atoms with Crippen molar-refractivity contribution in [2.24, 2.45) is 17.8 Å². The lowest BCUT2D eigenvalue weighted by molar-refractivity contribution is 0.189. The Hall–Kier alpha value is -1.13. The summed E-state index contributed by atoms with van der Waals surface area (Å²) in [4.78, 5) is 7.05. The van der Waals surface area contributed by atoms with Crippen molar-refractivity contribution in [3.8, 4) is 0 Å². The molecule has 2 saturated heterocycles. The molecule has 1 aliphatic carbocycles. The highest BCUT2D eigenvalue weighted by molar-refractivity contribution is 5.49. The second-order valence-electron chi connectivity index (χ2n) is 6.94. The van der Waals surface area contributed by atoms with Crippen molar-refractivity contribution in [3.05, 3.63) is 24.0 Å². The second kappa shape index (κ2) is 5.58. The summed E-state index contributed by atoms with van der Waals surface area (Å²) >= 11 is 0. The van der Waals surface area contributed by atoms with E-state index in [-0.39, 0.29) is 0 Å². The Labute approximate surface area is 126 Å². The molecule has 0 bridgehead atoms. The smallest absolute Gasteiger partial charge is 0.0555 e. The molecule has 21 heavy (non-hydrogen) atoms. The molecular weight excluding hydrogens is 262 g/mol. The lowest BCUT2D eigenvalue weighted by atomic mass is 10.0. The van der Waals surface area contributed by atoms with E-state index in [2.05, 4.69) is 27.5 Å². The van der Waals surface area contributed by atoms with E-state index < -0.39 is 0 Å². The number of pyridine rings is 1. The molecule has 114 valence electrons. The maximum Gasteiger partial charge on any atom is 0.0555 e. The fourth-order valence-electron chi connectivity index (χ4n) is 4.13. The van der Waals surface area contributed by atoms with E-state index in [4.69, 9.17) is 4.74 Å². The highest BCUT2D eigenvalue weighted by atomic mass is 16.5. The lowest BCUT2D eigenvalue weighted by Crippen LogP contribution is -2.25. The molecular formula is C17H25N3O. The number of hydrogen-bond acceptors (Lipinski definition) is 4. The van der Waals surface area contributed by atoms with Crippen LogP contribution in [-0.2, 0) is 4.74 Å². The fraction of sp³-hybridized carbons (Fsp3) is 0.706. The fourth-order valence-corrected chi connectivity index (χ4v) is 4.13. The summed E-state index contributed by atoms with van der Waals surface area (Å²) in [6.45, 7) is 5.66. The van der Waals surface area contributed by atoms with Gasteiger partial charge in [0.25, 0.3) is 0 Å². The van der Waals surface area contributed by atoms with E-state index in [1.165, 1.54) is 50.3 Å². The number of ether oxygens (including phenoxy) is 1. The van der Waals surface area contributed by atoms with Gasteiger partial charge < -0.3 is 15.0 Å². The summed E-state index contributed by atoms with van der Waals surface area (Å²) in [5.74, 6) is 3.20. The molecule has 0 amide bonds. The van der Waals surface area contributed by atoms with Crippen LogP contribution in [0.15, 0.2) is 18.5 Å². The standard InChI is InChI=1S/C17H25N3O/c1-21-3-2-12-5-17(12)13-4-16(9-19-6-13)20-10-14-7-18-8-15(14)11-20/h4,6,9,12,14-15,17-18H,2-3,5,7-8,10-11H2,1H3/t12-,14-,15+,17-/m0/s1. The number of nitrogens with zero attached hydrogens (tertiary/aromatic N) is 2. The molecule has 0 unspecified atom stereocenters. The Balaban J connectivity index is 1.42. The number of rotatable bonds is 5. The Bertz CT molecular complexity index is 495. The van der Waals surface area contributed by atoms with Crippen molar-refractivity contribution >= 4 is 5.69 Å². The molecule has 4 rings (SSSR count). The van der Waals surface area contributed by atoms with Crippen LogP contribution in [0.5, 0.6) is 0 Å². The van der Waals surface area contributed by atoms with Gasteiger partial charge >= 0.3 is 0 Å². The first kappa shape index (κ1) is 13.5. The summed E-state index contributed by atoms with van der Waals surface area (Å²) < 4.78 is 5.19. The molecule has 3 heterocycles. The van der Waals surface area contributed by atoms with Crippen molar-refractivity contribution in [1.82, 2.24) is 10.3 Å². The zero-order chi connectivity index (χ0) is 14.2. The summed E-state index contributed by atoms with van der Waals surface area (Å²) in [5.41, 5.74) is 2.77. The monoisotopic (exact) mass is 287 g/mol. The largest absolute Gasteiger partial charge is 0.385 e. The van der Waals surface area contributed by atoms with Gasteiger partial charge in [0.1, 0.15) is 0 Å². The number of hydrogen-bond donors (Lipinski definition) is 1. The Morgan fingerprint density at radius 3 is 2.86 bits per heavy atom. The first-order valence-corrected chi connectivity index (χ1v) is 8.24. The number of aromatic nitrogens is 1. The van der Waals surface area contributed by atoms with Crippen molar-refractivity contribution < 1.29 is 4.74 Å². The van der Waals surface area contributed by atoms with Crippen LogP contribution in [0.3, 0.4) is 0 Å². The number of nitrogens with one attached hydrogen (secondary N) is 1. The normalized spacial score (nSPS) is 34.2. The summed E-state index contributed by atoms with van der Waals surface area (Å²) in [5, 5.41) is 3.51. The van der Waals surface area contributed by atoms with Crippen LogP contribution in [0.4, 0.5) is 5.69 Å². The van der Waals surface area contributed by atoms with Gasteiger partial charge in [-0.2, -0.15) is 0 Å². The van der Waals surface area contributed by atoms with Crippen LogP contribution in [0.1, 0.15) is 24.3 Å². The SMILES string of the molecule is COCC[C@H]1C[C@@H]1c1cncc(N2C[C@H]3CNC[C@H]3C2)c1. The molecule has 2 aliphatic heterocycles. The van der Waals surface area contributed by atoms with Gasteiger partial charge in [0.05, 0.1) is 11.9 Å². The molecule has 0 aromatic carbocycles. The molecule has 1 saturated carbocycles. The van der Waals surface area contributed by atoms with Crippen LogP contribution in [0.25, 0.3) is 0 Å². The minimum absolute atomic E-state index is 0.719. The van der Waals surface area contributed by atoms with Gasteiger partial charge in [0.2, 0.25) is 0 Å². The minimum Gasteiger partial charge on any atom is -0.385 e. The van der Waals surface area contributed by atoms with E-state index in [1.54, 1.807) is 7.11 Å². The zero-order valence-corrected chi connectivity index (χ0v) is 12.8. The van der Waals surface area contributed by atoms with Crippen LogP contribution in [-0.4, -0.2) is 44.9 Å². The summed E-state index contributed by atoms with van der Waals surface area (Å²) in [6.07, 6.45) is 6.61. The van der Waals surface area contributed by atoms with Crippen LogP contribution in [0.2, 0.25) is 0 Å². The molecule has 3 fully saturated rings. The van der Waals surface area contributed by atoms with Gasteiger partial charge in [0.15, 0.2) is 0 Å². The van der Waals surface area contributed by atoms with Crippen molar-refractivity contribution in [1.29, 1.82) is 0 Å². The van der Waals surface area contributed by atoms with E-state index in [0.29, 0.717) is 0 Å². The lowest BCUT2D eigenvalue weighted by Gasteiger charge is -2.20. The molecule has 0 radical (unpaired) electrons. The topological polar surface area (TPSA) is 37.4 Å². The molecule has 4 heteroatoms. The Morgan fingerprint density at radius 1 is 1.29 bits per heavy atom. The average molecular weight is 287 g/mol. The third-order valence-electron chi connectivity index (χ3n) is 5.54. The molecule has 1 aromatic heterocycles. The summed E-state index contributed by atoms with van der Waals surface area (Å²) in [7, 11) is 1.79. The maximum atomic E-state index is 5.19. The zero-order valence-electron chi connectivity index (χ0n) is 12.8. The van der Waals surface area contributed by atoms with Crippen molar-refractivity contribution in [3.63, 3.8) is 0 Å². The van der Waals surface area contributed by atoms with Gasteiger partial charge in [-0.05, 0) is 48.1 Å². The maximum absolute atomic E-state index is 5.19. The van der Waals surface area contributed by atoms with E-state index in [1.807, 2.05) is 6.20 Å². The number of fused-ring (bicyclic) bond motifs is 1. The third kappa shape index (κ3) is 2.67. The molecule has 4 atom stereocenters. The highest BCUT2D eigenvalue weighted by Gasteiger charge is 2.39.